The minimum absolute atomic E-state index is 0.135. The molecular weight excluding hydrogens is 437 g/mol. The molecule has 0 spiro atoms. The van der Waals surface area contributed by atoms with E-state index < -0.39 is 0 Å². The third kappa shape index (κ3) is 7.60. The zero-order valence-electron chi connectivity index (χ0n) is 19.2. The second-order valence-electron chi connectivity index (χ2n) is 7.64. The molecule has 0 aliphatic carbocycles. The maximum absolute atomic E-state index is 13.2. The molecule has 7 nitrogen and oxygen atoms in total. The smallest absolute Gasteiger partial charge is 0.255 e. The number of halogens is 1. The van der Waals surface area contributed by atoms with Gasteiger partial charge in [0.15, 0.2) is 0 Å². The lowest BCUT2D eigenvalue weighted by Gasteiger charge is -2.17. The van der Waals surface area contributed by atoms with Crippen LogP contribution in [0.2, 0.25) is 0 Å². The first-order valence-corrected chi connectivity index (χ1v) is 10.9. The number of para-hydroxylation sites is 2. The van der Waals surface area contributed by atoms with Crippen LogP contribution in [0, 0.1) is 5.82 Å². The van der Waals surface area contributed by atoms with Gasteiger partial charge in [0, 0.05) is 36.8 Å². The van der Waals surface area contributed by atoms with Gasteiger partial charge in [0.2, 0.25) is 5.91 Å². The summed E-state index contributed by atoms with van der Waals surface area (Å²) in [6.45, 7) is 1.53. The lowest BCUT2D eigenvalue weighted by molar-refractivity contribution is -0.116. The van der Waals surface area contributed by atoms with E-state index in [-0.39, 0.29) is 17.6 Å². The van der Waals surface area contributed by atoms with Crippen molar-refractivity contribution in [1.82, 2.24) is 4.90 Å². The van der Waals surface area contributed by atoms with Crippen molar-refractivity contribution in [1.29, 1.82) is 0 Å². The zero-order valence-corrected chi connectivity index (χ0v) is 19.2. The van der Waals surface area contributed by atoms with E-state index in [1.807, 2.05) is 24.1 Å². The van der Waals surface area contributed by atoms with Crippen LogP contribution in [0.1, 0.15) is 16.8 Å². The summed E-state index contributed by atoms with van der Waals surface area (Å²) in [5, 5.41) is 5.64. The Hall–Kier alpha value is -3.91. The molecule has 0 aromatic heterocycles. The van der Waals surface area contributed by atoms with Crippen LogP contribution in [0.3, 0.4) is 0 Å². The SMILES string of the molecule is COc1ccccc1NC(=O)c1ccc(NC(=O)CCN(C)CCOc2cccc(F)c2)cc1. The fourth-order valence-corrected chi connectivity index (χ4v) is 3.15. The third-order valence-electron chi connectivity index (χ3n) is 5.04. The van der Waals surface area contributed by atoms with Gasteiger partial charge in [0.1, 0.15) is 23.9 Å². The van der Waals surface area contributed by atoms with Crippen molar-refractivity contribution in [2.75, 3.05) is 44.5 Å². The van der Waals surface area contributed by atoms with Crippen molar-refractivity contribution in [3.8, 4) is 11.5 Å². The number of nitrogens with one attached hydrogen (secondary N) is 2. The molecule has 0 bridgehead atoms. The summed E-state index contributed by atoms with van der Waals surface area (Å²) in [5.74, 6) is 0.303. The van der Waals surface area contributed by atoms with Crippen molar-refractivity contribution in [3.05, 3.63) is 84.2 Å². The Bertz CT molecular complexity index is 1110. The molecule has 0 saturated heterocycles. The first-order valence-electron chi connectivity index (χ1n) is 10.9. The highest BCUT2D eigenvalue weighted by molar-refractivity contribution is 6.05. The van der Waals surface area contributed by atoms with Crippen LogP contribution in [0.15, 0.2) is 72.8 Å². The summed E-state index contributed by atoms with van der Waals surface area (Å²) in [5.41, 5.74) is 1.65. The summed E-state index contributed by atoms with van der Waals surface area (Å²) in [6.07, 6.45) is 0.298. The molecule has 3 aromatic carbocycles. The molecule has 0 unspecified atom stereocenters. The van der Waals surface area contributed by atoms with Crippen LogP contribution >= 0.6 is 0 Å². The first-order chi connectivity index (χ1) is 16.4. The molecular formula is C26H28FN3O4. The number of benzene rings is 3. The lowest BCUT2D eigenvalue weighted by atomic mass is 10.2. The summed E-state index contributed by atoms with van der Waals surface area (Å²) in [4.78, 5) is 26.7. The Balaban J connectivity index is 1.40. The monoisotopic (exact) mass is 465 g/mol. The predicted octanol–water partition coefficient (Wildman–Crippen LogP) is 4.43. The summed E-state index contributed by atoms with van der Waals surface area (Å²) >= 11 is 0. The van der Waals surface area contributed by atoms with Gasteiger partial charge in [0.25, 0.3) is 5.91 Å². The van der Waals surface area contributed by atoms with Crippen LogP contribution in [0.4, 0.5) is 15.8 Å². The molecule has 0 radical (unpaired) electrons. The molecule has 3 rings (SSSR count). The molecule has 0 heterocycles. The number of nitrogens with zero attached hydrogens (tertiary/aromatic N) is 1. The Morgan fingerprint density at radius 3 is 2.44 bits per heavy atom. The molecule has 0 atom stereocenters. The Morgan fingerprint density at radius 2 is 1.71 bits per heavy atom. The average Bonchev–Trinajstić information content (AvgIpc) is 2.83. The highest BCUT2D eigenvalue weighted by atomic mass is 19.1. The van der Waals surface area contributed by atoms with Crippen LogP contribution in [-0.4, -0.2) is 50.6 Å². The van der Waals surface area contributed by atoms with Crippen molar-refractivity contribution in [2.45, 2.75) is 6.42 Å². The fraction of sp³-hybridized carbons (Fsp3) is 0.231. The molecule has 34 heavy (non-hydrogen) atoms. The van der Waals surface area contributed by atoms with Gasteiger partial charge < -0.3 is 25.0 Å². The number of hydrogen-bond acceptors (Lipinski definition) is 5. The molecule has 2 N–H and O–H groups in total. The molecule has 0 saturated carbocycles. The Morgan fingerprint density at radius 1 is 0.941 bits per heavy atom. The van der Waals surface area contributed by atoms with Crippen LogP contribution in [-0.2, 0) is 4.79 Å². The highest BCUT2D eigenvalue weighted by Crippen LogP contribution is 2.24. The van der Waals surface area contributed by atoms with Crippen molar-refractivity contribution in [3.63, 3.8) is 0 Å². The van der Waals surface area contributed by atoms with Gasteiger partial charge in [-0.05, 0) is 55.6 Å². The number of anilines is 2. The van der Waals surface area contributed by atoms with Crippen molar-refractivity contribution < 1.29 is 23.5 Å². The van der Waals surface area contributed by atoms with E-state index in [2.05, 4.69) is 10.6 Å². The minimum atomic E-state index is -0.340. The summed E-state index contributed by atoms with van der Waals surface area (Å²) in [6, 6.07) is 19.8. The van der Waals surface area contributed by atoms with E-state index in [0.717, 1.165) is 0 Å². The maximum atomic E-state index is 13.2. The third-order valence-corrected chi connectivity index (χ3v) is 5.04. The van der Waals surface area contributed by atoms with E-state index in [1.54, 1.807) is 55.6 Å². The standard InChI is InChI=1S/C26H28FN3O4/c1-30(16-17-34-22-7-5-6-20(27)18-22)15-14-25(31)28-21-12-10-19(11-13-21)26(32)29-23-8-3-4-9-24(23)33-2/h3-13,18H,14-17H2,1-2H3,(H,28,31)(H,29,32). The number of ether oxygens (including phenoxy) is 2. The predicted molar refractivity (Wildman–Crippen MR) is 130 cm³/mol. The number of likely N-dealkylation sites (N-methyl/N-ethyl adjacent to an activating group) is 1. The quantitative estimate of drug-likeness (QED) is 0.438. The topological polar surface area (TPSA) is 79.9 Å². The fourth-order valence-electron chi connectivity index (χ4n) is 3.15. The molecule has 0 fully saturated rings. The minimum Gasteiger partial charge on any atom is -0.495 e. The molecule has 0 aliphatic rings. The van der Waals surface area contributed by atoms with E-state index in [4.69, 9.17) is 9.47 Å². The Labute approximate surface area is 198 Å². The number of amides is 2. The van der Waals surface area contributed by atoms with Gasteiger partial charge in [-0.1, -0.05) is 18.2 Å². The summed E-state index contributed by atoms with van der Waals surface area (Å²) < 4.78 is 23.9. The van der Waals surface area contributed by atoms with Gasteiger partial charge >= 0.3 is 0 Å². The number of rotatable bonds is 11. The van der Waals surface area contributed by atoms with Gasteiger partial charge in [0.05, 0.1) is 12.8 Å². The van der Waals surface area contributed by atoms with E-state index in [9.17, 15) is 14.0 Å². The molecule has 0 aliphatic heterocycles. The van der Waals surface area contributed by atoms with Crippen LogP contribution < -0.4 is 20.1 Å². The first kappa shape index (κ1) is 24.7. The van der Waals surface area contributed by atoms with Crippen molar-refractivity contribution >= 4 is 23.2 Å². The van der Waals surface area contributed by atoms with E-state index >= 15 is 0 Å². The molecule has 2 amide bonds. The molecule has 3 aromatic rings. The van der Waals surface area contributed by atoms with Gasteiger partial charge in [-0.25, -0.2) is 4.39 Å². The summed E-state index contributed by atoms with van der Waals surface area (Å²) in [7, 11) is 3.43. The average molecular weight is 466 g/mol. The zero-order chi connectivity index (χ0) is 24.3. The largest absolute Gasteiger partial charge is 0.495 e. The number of carbonyl (C=O) groups is 2. The molecule has 8 heteroatoms. The van der Waals surface area contributed by atoms with Gasteiger partial charge in [-0.2, -0.15) is 0 Å². The molecule has 178 valence electrons. The number of hydrogen-bond donors (Lipinski definition) is 2. The second kappa shape index (κ2) is 12.4. The van der Waals surface area contributed by atoms with Gasteiger partial charge in [-0.15, -0.1) is 0 Å². The van der Waals surface area contributed by atoms with E-state index in [0.29, 0.717) is 54.6 Å². The van der Waals surface area contributed by atoms with Crippen LogP contribution in [0.25, 0.3) is 0 Å². The maximum Gasteiger partial charge on any atom is 0.255 e. The second-order valence-corrected chi connectivity index (χ2v) is 7.64. The van der Waals surface area contributed by atoms with E-state index in [1.165, 1.54) is 12.1 Å². The van der Waals surface area contributed by atoms with Crippen molar-refractivity contribution in [2.24, 2.45) is 0 Å². The van der Waals surface area contributed by atoms with Crippen LogP contribution in [0.5, 0.6) is 11.5 Å². The number of carbonyl (C=O) groups excluding carboxylic acids is 2. The number of methoxy groups -OCH3 is 1. The highest BCUT2D eigenvalue weighted by Gasteiger charge is 2.10. The lowest BCUT2D eigenvalue weighted by Crippen LogP contribution is -2.28. The Kier molecular flexibility index (Phi) is 8.99. The normalized spacial score (nSPS) is 10.6. The van der Waals surface area contributed by atoms with Gasteiger partial charge in [-0.3, -0.25) is 9.59 Å².